The highest BCUT2D eigenvalue weighted by atomic mass is 16.5. The van der Waals surface area contributed by atoms with Crippen molar-refractivity contribution in [1.29, 1.82) is 0 Å². The average Bonchev–Trinajstić information content (AvgIpc) is 3.16. The number of aryl methyl sites for hydroxylation is 1. The molecule has 0 fully saturated rings. The summed E-state index contributed by atoms with van der Waals surface area (Å²) in [5, 5.41) is 22.9. The topological polar surface area (TPSA) is 58.9 Å². The molecule has 0 aliphatic carbocycles. The van der Waals surface area contributed by atoms with Gasteiger partial charge in [-0.05, 0) is 54.2 Å². The molecule has 252 valence electrons. The largest absolute Gasteiger partial charge is 0.507 e. The first kappa shape index (κ1) is 34.1. The molecule has 0 aromatic heterocycles. The molecule has 0 amide bonds. The van der Waals surface area contributed by atoms with Gasteiger partial charge < -0.3 is 19.7 Å². The Hall–Kier alpha value is -5.74. The fourth-order valence-electron chi connectivity index (χ4n) is 6.32. The molecule has 0 radical (unpaired) electrons. The molecule has 0 bridgehead atoms. The SMILES string of the molecule is C=CCC(COc1ccccc1-c1cccc(-c2ccccc2)c1O)COc1ccc(CCCC)cc1-c1cccc(-c2ccccc2)c1O. The number of para-hydroxylation sites is 3. The van der Waals surface area contributed by atoms with Crippen molar-refractivity contribution in [3.05, 3.63) is 158 Å². The van der Waals surface area contributed by atoms with Gasteiger partial charge in [-0.3, -0.25) is 0 Å². The van der Waals surface area contributed by atoms with Crippen LogP contribution in [0.3, 0.4) is 0 Å². The maximum Gasteiger partial charge on any atom is 0.131 e. The molecule has 0 aliphatic rings. The van der Waals surface area contributed by atoms with Gasteiger partial charge in [0, 0.05) is 39.3 Å². The zero-order valence-corrected chi connectivity index (χ0v) is 28.6. The summed E-state index contributed by atoms with van der Waals surface area (Å²) in [6, 6.07) is 45.6. The minimum atomic E-state index is 0.00155. The monoisotopic (exact) mass is 660 g/mol. The van der Waals surface area contributed by atoms with E-state index in [9.17, 15) is 10.2 Å². The van der Waals surface area contributed by atoms with Gasteiger partial charge in [0.15, 0.2) is 0 Å². The van der Waals surface area contributed by atoms with Crippen molar-refractivity contribution in [2.75, 3.05) is 13.2 Å². The molecule has 0 heterocycles. The number of phenolic OH excluding ortho intramolecular Hbond substituents is 2. The van der Waals surface area contributed by atoms with Gasteiger partial charge in [-0.2, -0.15) is 0 Å². The van der Waals surface area contributed by atoms with Crippen molar-refractivity contribution in [2.24, 2.45) is 5.92 Å². The van der Waals surface area contributed by atoms with Crippen LogP contribution in [0.15, 0.2) is 152 Å². The van der Waals surface area contributed by atoms with E-state index in [2.05, 4.69) is 25.6 Å². The zero-order chi connectivity index (χ0) is 34.7. The molecule has 2 N–H and O–H groups in total. The quantitative estimate of drug-likeness (QED) is 0.108. The first-order valence-corrected chi connectivity index (χ1v) is 17.4. The molecule has 1 unspecified atom stereocenters. The Morgan fingerprint density at radius 1 is 0.560 bits per heavy atom. The smallest absolute Gasteiger partial charge is 0.131 e. The Bertz CT molecular complexity index is 2020. The summed E-state index contributed by atoms with van der Waals surface area (Å²) in [5.41, 5.74) is 7.81. The third-order valence-electron chi connectivity index (χ3n) is 9.02. The number of rotatable bonds is 15. The van der Waals surface area contributed by atoms with Crippen molar-refractivity contribution < 1.29 is 19.7 Å². The molecule has 1 atom stereocenters. The highest BCUT2D eigenvalue weighted by Crippen LogP contribution is 2.43. The maximum atomic E-state index is 11.6. The predicted molar refractivity (Wildman–Crippen MR) is 206 cm³/mol. The molecular weight excluding hydrogens is 617 g/mol. The molecule has 0 saturated heterocycles. The molecule has 6 rings (SSSR count). The van der Waals surface area contributed by atoms with Gasteiger partial charge in [0.25, 0.3) is 0 Å². The number of phenols is 2. The third kappa shape index (κ3) is 7.93. The normalized spacial score (nSPS) is 11.5. The van der Waals surface area contributed by atoms with Gasteiger partial charge in [0.2, 0.25) is 0 Å². The summed E-state index contributed by atoms with van der Waals surface area (Å²) in [4.78, 5) is 0. The standard InChI is InChI=1S/C46H44O4/c1-3-5-17-33-28-29-44(42(30-33)41-26-15-24-38(46(41)48)36-20-10-7-11-21-36)50-32-34(16-4-2)31-49-43-27-13-12-22-39(43)40-25-14-23-37(45(40)47)35-18-8-6-9-19-35/h4,6-15,18-30,34,47-48H,2-3,5,16-17,31-32H2,1H3. The molecule has 0 spiro atoms. The highest BCUT2D eigenvalue weighted by Gasteiger charge is 2.19. The van der Waals surface area contributed by atoms with Crippen molar-refractivity contribution in [3.63, 3.8) is 0 Å². The number of hydrogen-bond acceptors (Lipinski definition) is 4. The molecule has 4 heteroatoms. The van der Waals surface area contributed by atoms with Crippen LogP contribution >= 0.6 is 0 Å². The van der Waals surface area contributed by atoms with E-state index in [4.69, 9.17) is 9.47 Å². The van der Waals surface area contributed by atoms with Crippen LogP contribution in [-0.4, -0.2) is 23.4 Å². The number of allylic oxidation sites excluding steroid dienone is 1. The number of hydrogen-bond donors (Lipinski definition) is 2. The van der Waals surface area contributed by atoms with E-state index in [0.717, 1.165) is 58.2 Å². The lowest BCUT2D eigenvalue weighted by Crippen LogP contribution is -2.20. The van der Waals surface area contributed by atoms with Gasteiger partial charge in [-0.15, -0.1) is 6.58 Å². The van der Waals surface area contributed by atoms with E-state index in [1.165, 1.54) is 5.56 Å². The van der Waals surface area contributed by atoms with E-state index >= 15 is 0 Å². The summed E-state index contributed by atoms with van der Waals surface area (Å²) >= 11 is 0. The molecule has 4 nitrogen and oxygen atoms in total. The summed E-state index contributed by atoms with van der Waals surface area (Å²) in [6.07, 6.45) is 5.73. The summed E-state index contributed by atoms with van der Waals surface area (Å²) in [6.45, 7) is 6.98. The fraction of sp³-hybridized carbons (Fsp3) is 0.174. The van der Waals surface area contributed by atoms with Gasteiger partial charge in [-0.1, -0.05) is 141 Å². The minimum absolute atomic E-state index is 0.00155. The van der Waals surface area contributed by atoms with Crippen LogP contribution in [0.4, 0.5) is 0 Å². The van der Waals surface area contributed by atoms with Crippen LogP contribution in [0, 0.1) is 5.92 Å². The number of unbranched alkanes of at least 4 members (excludes halogenated alkanes) is 1. The second kappa shape index (κ2) is 16.6. The Morgan fingerprint density at radius 3 is 1.64 bits per heavy atom. The van der Waals surface area contributed by atoms with Crippen molar-refractivity contribution in [2.45, 2.75) is 32.6 Å². The number of benzene rings is 6. The van der Waals surface area contributed by atoms with Crippen LogP contribution in [0.2, 0.25) is 0 Å². The maximum absolute atomic E-state index is 11.6. The Labute approximate surface area is 295 Å². The van der Waals surface area contributed by atoms with E-state index in [0.29, 0.717) is 36.7 Å². The Morgan fingerprint density at radius 2 is 1.06 bits per heavy atom. The van der Waals surface area contributed by atoms with Crippen molar-refractivity contribution >= 4 is 0 Å². The van der Waals surface area contributed by atoms with Crippen LogP contribution < -0.4 is 9.47 Å². The van der Waals surface area contributed by atoms with Crippen molar-refractivity contribution in [3.8, 4) is 67.5 Å². The molecule has 6 aromatic carbocycles. The second-order valence-corrected chi connectivity index (χ2v) is 12.6. The van der Waals surface area contributed by atoms with Crippen LogP contribution in [-0.2, 0) is 6.42 Å². The summed E-state index contributed by atoms with van der Waals surface area (Å²) < 4.78 is 13.1. The van der Waals surface area contributed by atoms with Gasteiger partial charge in [-0.25, -0.2) is 0 Å². The van der Waals surface area contributed by atoms with Crippen LogP contribution in [0.1, 0.15) is 31.7 Å². The molecule has 50 heavy (non-hydrogen) atoms. The summed E-state index contributed by atoms with van der Waals surface area (Å²) in [7, 11) is 0. The lowest BCUT2D eigenvalue weighted by Gasteiger charge is -2.21. The summed E-state index contributed by atoms with van der Waals surface area (Å²) in [5.74, 6) is 1.85. The molecule has 0 saturated carbocycles. The first-order chi connectivity index (χ1) is 24.6. The Kier molecular flexibility index (Phi) is 11.3. The van der Waals surface area contributed by atoms with E-state index < -0.39 is 0 Å². The van der Waals surface area contributed by atoms with Gasteiger partial charge >= 0.3 is 0 Å². The fourth-order valence-corrected chi connectivity index (χ4v) is 6.32. The van der Waals surface area contributed by atoms with E-state index in [-0.39, 0.29) is 17.4 Å². The molecule has 6 aromatic rings. The van der Waals surface area contributed by atoms with Gasteiger partial charge in [0.05, 0.1) is 13.2 Å². The average molecular weight is 661 g/mol. The third-order valence-corrected chi connectivity index (χ3v) is 9.02. The van der Waals surface area contributed by atoms with E-state index in [1.807, 2.05) is 133 Å². The first-order valence-electron chi connectivity index (χ1n) is 17.4. The predicted octanol–water partition coefficient (Wildman–Crippen LogP) is 11.8. The lowest BCUT2D eigenvalue weighted by atomic mass is 9.94. The lowest BCUT2D eigenvalue weighted by molar-refractivity contribution is 0.179. The number of ether oxygens (including phenoxy) is 2. The van der Waals surface area contributed by atoms with Gasteiger partial charge in [0.1, 0.15) is 23.0 Å². The highest BCUT2D eigenvalue weighted by molar-refractivity contribution is 5.85. The van der Waals surface area contributed by atoms with Crippen LogP contribution in [0.25, 0.3) is 44.5 Å². The molecular formula is C46H44O4. The second-order valence-electron chi connectivity index (χ2n) is 12.6. The Balaban J connectivity index is 1.24. The van der Waals surface area contributed by atoms with E-state index in [1.54, 1.807) is 0 Å². The van der Waals surface area contributed by atoms with Crippen molar-refractivity contribution in [1.82, 2.24) is 0 Å². The zero-order valence-electron chi connectivity index (χ0n) is 28.6. The number of aromatic hydroxyl groups is 2. The van der Waals surface area contributed by atoms with Crippen LogP contribution in [0.5, 0.6) is 23.0 Å². The molecule has 0 aliphatic heterocycles. The minimum Gasteiger partial charge on any atom is -0.507 e.